The highest BCUT2D eigenvalue weighted by Crippen LogP contribution is 2.23. The summed E-state index contributed by atoms with van der Waals surface area (Å²) in [4.78, 5) is 37.3. The van der Waals surface area contributed by atoms with Crippen molar-refractivity contribution in [2.24, 2.45) is 5.92 Å². The van der Waals surface area contributed by atoms with E-state index in [4.69, 9.17) is 4.74 Å². The number of rotatable bonds is 7. The molecule has 0 bridgehead atoms. The van der Waals surface area contributed by atoms with Gasteiger partial charge in [-0.15, -0.1) is 0 Å². The Morgan fingerprint density at radius 1 is 1.33 bits per heavy atom. The number of ether oxygens (including phenoxy) is 1. The van der Waals surface area contributed by atoms with Gasteiger partial charge in [0.1, 0.15) is 18.3 Å². The van der Waals surface area contributed by atoms with E-state index >= 15 is 0 Å². The van der Waals surface area contributed by atoms with Crippen LogP contribution in [0.2, 0.25) is 0 Å². The van der Waals surface area contributed by atoms with Gasteiger partial charge in [0.2, 0.25) is 5.91 Å². The van der Waals surface area contributed by atoms with Crippen molar-refractivity contribution in [2.45, 2.75) is 33.2 Å². The molecule has 1 aromatic rings. The maximum atomic E-state index is 12.2. The van der Waals surface area contributed by atoms with E-state index in [1.807, 2.05) is 20.8 Å². The Labute approximate surface area is 141 Å². The molecule has 130 valence electrons. The van der Waals surface area contributed by atoms with Crippen LogP contribution in [0.5, 0.6) is 5.75 Å². The summed E-state index contributed by atoms with van der Waals surface area (Å²) in [5.74, 6) is 0.00660. The van der Waals surface area contributed by atoms with Gasteiger partial charge in [0.05, 0.1) is 12.3 Å². The summed E-state index contributed by atoms with van der Waals surface area (Å²) < 4.78 is 5.44. The Morgan fingerprint density at radius 3 is 2.71 bits per heavy atom. The number of hydrogen-bond acceptors (Lipinski definition) is 4. The number of nitrogens with zero attached hydrogens (tertiary/aromatic N) is 1. The van der Waals surface area contributed by atoms with Gasteiger partial charge in [0.25, 0.3) is 5.91 Å². The highest BCUT2D eigenvalue weighted by molar-refractivity contribution is 6.08. The number of urea groups is 1. The van der Waals surface area contributed by atoms with E-state index < -0.39 is 18.0 Å². The van der Waals surface area contributed by atoms with Gasteiger partial charge in [-0.2, -0.15) is 0 Å². The Bertz CT molecular complexity index is 630. The van der Waals surface area contributed by atoms with Crippen LogP contribution in [0, 0.1) is 5.92 Å². The van der Waals surface area contributed by atoms with Crippen LogP contribution in [-0.2, 0) is 9.59 Å². The molecule has 2 rings (SSSR count). The van der Waals surface area contributed by atoms with Gasteiger partial charge in [-0.05, 0) is 31.4 Å². The highest BCUT2D eigenvalue weighted by Gasteiger charge is 2.39. The van der Waals surface area contributed by atoms with Crippen molar-refractivity contribution in [3.05, 3.63) is 24.3 Å². The topological polar surface area (TPSA) is 87.7 Å². The first kappa shape index (κ1) is 17.8. The Kier molecular flexibility index (Phi) is 5.78. The fourth-order valence-electron chi connectivity index (χ4n) is 2.54. The van der Waals surface area contributed by atoms with Crippen LogP contribution in [0.15, 0.2) is 24.3 Å². The molecular weight excluding hydrogens is 310 g/mol. The molecule has 4 amide bonds. The summed E-state index contributed by atoms with van der Waals surface area (Å²) in [5, 5.41) is 5.30. The monoisotopic (exact) mass is 333 g/mol. The summed E-state index contributed by atoms with van der Waals surface area (Å²) in [7, 11) is 0. The largest absolute Gasteiger partial charge is 0.492 e. The summed E-state index contributed by atoms with van der Waals surface area (Å²) >= 11 is 0. The second-order valence-electron chi connectivity index (χ2n) is 6.03. The maximum Gasteiger partial charge on any atom is 0.325 e. The van der Waals surface area contributed by atoms with E-state index in [0.29, 0.717) is 24.5 Å². The molecule has 0 aliphatic carbocycles. The molecule has 24 heavy (non-hydrogen) atoms. The SMILES string of the molecule is CCOc1ccccc1NC(=O)CN1C(=O)N[C@@H](CC(C)C)C1=O. The van der Waals surface area contributed by atoms with Crippen molar-refractivity contribution in [1.29, 1.82) is 0 Å². The number of benzene rings is 1. The van der Waals surface area contributed by atoms with Crippen molar-refractivity contribution in [2.75, 3.05) is 18.5 Å². The minimum absolute atomic E-state index is 0.270. The molecule has 2 N–H and O–H groups in total. The summed E-state index contributed by atoms with van der Waals surface area (Å²) in [5.41, 5.74) is 0.509. The molecule has 7 heteroatoms. The lowest BCUT2D eigenvalue weighted by Crippen LogP contribution is -2.38. The second-order valence-corrected chi connectivity index (χ2v) is 6.03. The molecule has 0 unspecified atom stereocenters. The van der Waals surface area contributed by atoms with Crippen LogP contribution in [0.3, 0.4) is 0 Å². The second kappa shape index (κ2) is 7.81. The van der Waals surface area contributed by atoms with Crippen LogP contribution >= 0.6 is 0 Å². The molecule has 1 atom stereocenters. The number of para-hydroxylation sites is 2. The molecule has 1 aliphatic heterocycles. The van der Waals surface area contributed by atoms with Crippen molar-refractivity contribution >= 4 is 23.5 Å². The lowest BCUT2D eigenvalue weighted by molar-refractivity contribution is -0.131. The third kappa shape index (κ3) is 4.24. The van der Waals surface area contributed by atoms with Gasteiger partial charge in [0.15, 0.2) is 0 Å². The number of anilines is 1. The van der Waals surface area contributed by atoms with Gasteiger partial charge in [-0.3, -0.25) is 14.5 Å². The van der Waals surface area contributed by atoms with E-state index in [9.17, 15) is 14.4 Å². The zero-order valence-corrected chi connectivity index (χ0v) is 14.2. The number of imide groups is 1. The van der Waals surface area contributed by atoms with Crippen LogP contribution in [0.25, 0.3) is 0 Å². The van der Waals surface area contributed by atoms with Crippen molar-refractivity contribution < 1.29 is 19.1 Å². The van der Waals surface area contributed by atoms with E-state index in [-0.39, 0.29) is 18.4 Å². The fourth-order valence-corrected chi connectivity index (χ4v) is 2.54. The van der Waals surface area contributed by atoms with Crippen molar-refractivity contribution in [3.8, 4) is 5.75 Å². The minimum Gasteiger partial charge on any atom is -0.492 e. The number of nitrogens with one attached hydrogen (secondary N) is 2. The van der Waals surface area contributed by atoms with Crippen LogP contribution < -0.4 is 15.4 Å². The normalized spacial score (nSPS) is 17.2. The van der Waals surface area contributed by atoms with E-state index in [1.165, 1.54) is 0 Å². The van der Waals surface area contributed by atoms with Crippen LogP contribution in [0.4, 0.5) is 10.5 Å². The smallest absolute Gasteiger partial charge is 0.325 e. The third-order valence-electron chi connectivity index (χ3n) is 3.58. The van der Waals surface area contributed by atoms with E-state index in [1.54, 1.807) is 24.3 Å². The summed E-state index contributed by atoms with van der Waals surface area (Å²) in [6.07, 6.45) is 0.551. The Morgan fingerprint density at radius 2 is 2.04 bits per heavy atom. The lowest BCUT2D eigenvalue weighted by atomic mass is 10.0. The molecule has 1 fully saturated rings. The number of carbonyl (C=O) groups is 3. The fraction of sp³-hybridized carbons (Fsp3) is 0.471. The summed E-state index contributed by atoms with van der Waals surface area (Å²) in [6.45, 7) is 5.94. The molecular formula is C17H23N3O4. The predicted octanol–water partition coefficient (Wildman–Crippen LogP) is 1.99. The molecule has 0 radical (unpaired) electrons. The maximum absolute atomic E-state index is 12.2. The van der Waals surface area contributed by atoms with Crippen LogP contribution in [-0.4, -0.2) is 41.9 Å². The molecule has 1 saturated heterocycles. The van der Waals surface area contributed by atoms with E-state index in [2.05, 4.69) is 10.6 Å². The van der Waals surface area contributed by atoms with Crippen molar-refractivity contribution in [3.63, 3.8) is 0 Å². The number of amides is 4. The first-order valence-electron chi connectivity index (χ1n) is 8.06. The van der Waals surface area contributed by atoms with Gasteiger partial charge >= 0.3 is 6.03 Å². The standard InChI is InChI=1S/C17H23N3O4/c1-4-24-14-8-6-5-7-12(14)18-15(21)10-20-16(22)13(9-11(2)3)19-17(20)23/h5-8,11,13H,4,9-10H2,1-3H3,(H,18,21)(H,19,23)/t13-/m0/s1. The van der Waals surface area contributed by atoms with Gasteiger partial charge < -0.3 is 15.4 Å². The first-order valence-corrected chi connectivity index (χ1v) is 8.06. The van der Waals surface area contributed by atoms with E-state index in [0.717, 1.165) is 4.90 Å². The number of carbonyl (C=O) groups excluding carboxylic acids is 3. The molecule has 1 aliphatic rings. The van der Waals surface area contributed by atoms with Crippen LogP contribution in [0.1, 0.15) is 27.2 Å². The third-order valence-corrected chi connectivity index (χ3v) is 3.58. The Hall–Kier alpha value is -2.57. The molecule has 1 aromatic carbocycles. The van der Waals surface area contributed by atoms with Crippen molar-refractivity contribution in [1.82, 2.24) is 10.2 Å². The zero-order chi connectivity index (χ0) is 17.7. The highest BCUT2D eigenvalue weighted by atomic mass is 16.5. The zero-order valence-electron chi connectivity index (χ0n) is 14.2. The summed E-state index contributed by atoms with van der Waals surface area (Å²) in [6, 6.07) is 5.93. The van der Waals surface area contributed by atoms with Gasteiger partial charge in [0, 0.05) is 0 Å². The van der Waals surface area contributed by atoms with Gasteiger partial charge in [-0.25, -0.2) is 4.79 Å². The molecule has 1 heterocycles. The predicted molar refractivity (Wildman–Crippen MR) is 89.7 cm³/mol. The average molecular weight is 333 g/mol. The number of hydrogen-bond donors (Lipinski definition) is 2. The first-order chi connectivity index (χ1) is 11.4. The molecule has 7 nitrogen and oxygen atoms in total. The average Bonchev–Trinajstić information content (AvgIpc) is 2.76. The Balaban J connectivity index is 2.00. The van der Waals surface area contributed by atoms with Gasteiger partial charge in [-0.1, -0.05) is 26.0 Å². The molecule has 0 spiro atoms. The lowest BCUT2D eigenvalue weighted by Gasteiger charge is -2.15. The molecule has 0 saturated carbocycles. The molecule has 0 aromatic heterocycles. The minimum atomic E-state index is -0.555. The quantitative estimate of drug-likeness (QED) is 0.747.